The van der Waals surface area contributed by atoms with E-state index in [1.54, 1.807) is 0 Å². The van der Waals surface area contributed by atoms with E-state index in [0.29, 0.717) is 0 Å². The summed E-state index contributed by atoms with van der Waals surface area (Å²) in [6, 6.07) is 0. The first-order valence-corrected chi connectivity index (χ1v) is 5.33. The Balaban J connectivity index is 2.32. The second kappa shape index (κ2) is 5.28. The van der Waals surface area contributed by atoms with Gasteiger partial charge in [0.15, 0.2) is 0 Å². The van der Waals surface area contributed by atoms with Gasteiger partial charge in [-0.25, -0.2) is 4.98 Å². The third-order valence-electron chi connectivity index (χ3n) is 2.38. The molecule has 0 fully saturated rings. The monoisotopic (exact) mass is 200 g/mol. The highest BCUT2D eigenvalue weighted by atomic mass is 35.5. The molecule has 0 aromatic carbocycles. The molecule has 3 heteroatoms. The van der Waals surface area contributed by atoms with Gasteiger partial charge in [0, 0.05) is 18.1 Å². The van der Waals surface area contributed by atoms with Crippen LogP contribution in [0.15, 0.2) is 6.33 Å². The van der Waals surface area contributed by atoms with E-state index < -0.39 is 0 Å². The first-order chi connectivity index (χ1) is 6.25. The van der Waals surface area contributed by atoms with E-state index >= 15 is 0 Å². The Morgan fingerprint density at radius 2 is 2.08 bits per heavy atom. The van der Waals surface area contributed by atoms with Crippen molar-refractivity contribution in [2.45, 2.75) is 39.7 Å². The van der Waals surface area contributed by atoms with Crippen LogP contribution in [0.4, 0.5) is 0 Å². The van der Waals surface area contributed by atoms with Gasteiger partial charge in [0.1, 0.15) is 0 Å². The van der Waals surface area contributed by atoms with Crippen molar-refractivity contribution in [3.05, 3.63) is 17.7 Å². The molecule has 0 radical (unpaired) electrons. The Bertz CT molecular complexity index is 255. The van der Waals surface area contributed by atoms with Crippen molar-refractivity contribution in [2.24, 2.45) is 0 Å². The van der Waals surface area contributed by atoms with Gasteiger partial charge in [0.05, 0.1) is 12.0 Å². The Morgan fingerprint density at radius 3 is 2.62 bits per heavy atom. The Kier molecular flexibility index (Phi) is 4.29. The van der Waals surface area contributed by atoms with E-state index in [2.05, 4.69) is 16.5 Å². The average molecular weight is 201 g/mol. The van der Waals surface area contributed by atoms with Crippen LogP contribution in [0.5, 0.6) is 0 Å². The molecule has 0 saturated heterocycles. The molecule has 1 heterocycles. The summed E-state index contributed by atoms with van der Waals surface area (Å²) in [5.41, 5.74) is 2.42. The fraction of sp³-hybridized carbons (Fsp3) is 0.700. The number of nitrogens with zero attached hydrogens (tertiary/aromatic N) is 2. The third kappa shape index (κ3) is 3.03. The molecule has 1 aromatic rings. The fourth-order valence-corrected chi connectivity index (χ4v) is 1.51. The first kappa shape index (κ1) is 10.6. The van der Waals surface area contributed by atoms with E-state index in [1.165, 1.54) is 18.5 Å². The van der Waals surface area contributed by atoms with Crippen LogP contribution in [-0.2, 0) is 6.54 Å². The number of hydrogen-bond acceptors (Lipinski definition) is 1. The number of alkyl halides is 1. The molecule has 0 aliphatic heterocycles. The minimum Gasteiger partial charge on any atom is -0.335 e. The van der Waals surface area contributed by atoms with Crippen LogP contribution in [0.1, 0.15) is 30.7 Å². The summed E-state index contributed by atoms with van der Waals surface area (Å²) < 4.78 is 2.21. The van der Waals surface area contributed by atoms with Crippen molar-refractivity contribution < 1.29 is 0 Å². The smallest absolute Gasteiger partial charge is 0.0951 e. The molecule has 1 aromatic heterocycles. The Hall–Kier alpha value is -0.500. The SMILES string of the molecule is Cc1ncn(CCCCCCl)c1C. The summed E-state index contributed by atoms with van der Waals surface area (Å²) in [5.74, 6) is 0.780. The van der Waals surface area contributed by atoms with Gasteiger partial charge in [-0.2, -0.15) is 0 Å². The highest BCUT2D eigenvalue weighted by molar-refractivity contribution is 6.17. The zero-order chi connectivity index (χ0) is 9.68. The van der Waals surface area contributed by atoms with Crippen LogP contribution in [0.3, 0.4) is 0 Å². The summed E-state index contributed by atoms with van der Waals surface area (Å²) in [4.78, 5) is 4.25. The minimum absolute atomic E-state index is 0.780. The summed E-state index contributed by atoms with van der Waals surface area (Å²) in [6.07, 6.45) is 5.45. The molecule has 0 atom stereocenters. The summed E-state index contributed by atoms with van der Waals surface area (Å²) in [7, 11) is 0. The second-order valence-electron chi connectivity index (χ2n) is 3.36. The van der Waals surface area contributed by atoms with E-state index in [9.17, 15) is 0 Å². The van der Waals surface area contributed by atoms with Gasteiger partial charge in [-0.1, -0.05) is 6.42 Å². The lowest BCUT2D eigenvalue weighted by Crippen LogP contribution is -1.99. The van der Waals surface area contributed by atoms with Crippen LogP contribution in [0.25, 0.3) is 0 Å². The topological polar surface area (TPSA) is 17.8 Å². The van der Waals surface area contributed by atoms with Crippen LogP contribution < -0.4 is 0 Å². The molecule has 1 rings (SSSR count). The molecular formula is C10H17ClN2. The van der Waals surface area contributed by atoms with Crippen molar-refractivity contribution in [3.8, 4) is 0 Å². The lowest BCUT2D eigenvalue weighted by Gasteiger charge is -2.04. The molecule has 0 unspecified atom stereocenters. The molecule has 74 valence electrons. The molecule has 0 bridgehead atoms. The van der Waals surface area contributed by atoms with Gasteiger partial charge >= 0.3 is 0 Å². The zero-order valence-corrected chi connectivity index (χ0v) is 9.14. The maximum absolute atomic E-state index is 5.60. The molecule has 2 nitrogen and oxygen atoms in total. The van der Waals surface area contributed by atoms with Gasteiger partial charge in [-0.15, -0.1) is 11.6 Å². The van der Waals surface area contributed by atoms with Gasteiger partial charge in [-0.05, 0) is 26.7 Å². The molecule has 0 N–H and O–H groups in total. The molecule has 0 aliphatic rings. The summed E-state index contributed by atoms with van der Waals surface area (Å²) in [5, 5.41) is 0. The number of aromatic nitrogens is 2. The normalized spacial score (nSPS) is 10.7. The van der Waals surface area contributed by atoms with Crippen LogP contribution in [0, 0.1) is 13.8 Å². The van der Waals surface area contributed by atoms with E-state index in [-0.39, 0.29) is 0 Å². The van der Waals surface area contributed by atoms with Crippen molar-refractivity contribution >= 4 is 11.6 Å². The van der Waals surface area contributed by atoms with Gasteiger partial charge in [0.2, 0.25) is 0 Å². The molecular weight excluding hydrogens is 184 g/mol. The number of hydrogen-bond donors (Lipinski definition) is 0. The number of halogens is 1. The highest BCUT2D eigenvalue weighted by Crippen LogP contribution is 2.07. The minimum atomic E-state index is 0.780. The molecule has 0 spiro atoms. The van der Waals surface area contributed by atoms with Crippen molar-refractivity contribution in [1.29, 1.82) is 0 Å². The number of rotatable bonds is 5. The highest BCUT2D eigenvalue weighted by Gasteiger charge is 2.00. The van der Waals surface area contributed by atoms with Gasteiger partial charge in [-0.3, -0.25) is 0 Å². The second-order valence-corrected chi connectivity index (χ2v) is 3.74. The van der Waals surface area contributed by atoms with Crippen LogP contribution in [0.2, 0.25) is 0 Å². The van der Waals surface area contributed by atoms with Gasteiger partial charge < -0.3 is 4.57 Å². The van der Waals surface area contributed by atoms with E-state index in [4.69, 9.17) is 11.6 Å². The lowest BCUT2D eigenvalue weighted by atomic mass is 10.2. The van der Waals surface area contributed by atoms with Crippen molar-refractivity contribution in [1.82, 2.24) is 9.55 Å². The average Bonchev–Trinajstić information content (AvgIpc) is 2.43. The Labute approximate surface area is 84.9 Å². The van der Waals surface area contributed by atoms with Crippen LogP contribution >= 0.6 is 11.6 Å². The van der Waals surface area contributed by atoms with E-state index in [0.717, 1.165) is 24.5 Å². The predicted octanol–water partition coefficient (Wildman–Crippen LogP) is 2.91. The zero-order valence-electron chi connectivity index (χ0n) is 8.39. The summed E-state index contributed by atoms with van der Waals surface area (Å²) in [6.45, 7) is 5.23. The molecule has 0 aliphatic carbocycles. The summed E-state index contributed by atoms with van der Waals surface area (Å²) >= 11 is 5.60. The quantitative estimate of drug-likeness (QED) is 0.528. The maximum Gasteiger partial charge on any atom is 0.0951 e. The molecule has 0 amide bonds. The number of aryl methyl sites for hydroxylation is 2. The third-order valence-corrected chi connectivity index (χ3v) is 2.65. The standard InChI is InChI=1S/C10H17ClN2/c1-9-10(2)13(8-12-9)7-5-3-4-6-11/h8H,3-7H2,1-2H3. The lowest BCUT2D eigenvalue weighted by molar-refractivity contribution is 0.593. The van der Waals surface area contributed by atoms with Crippen molar-refractivity contribution in [3.63, 3.8) is 0 Å². The molecule has 0 saturated carbocycles. The number of imidazole rings is 1. The maximum atomic E-state index is 5.60. The Morgan fingerprint density at radius 1 is 1.31 bits per heavy atom. The van der Waals surface area contributed by atoms with Crippen molar-refractivity contribution in [2.75, 3.05) is 5.88 Å². The van der Waals surface area contributed by atoms with Gasteiger partial charge in [0.25, 0.3) is 0 Å². The number of unbranched alkanes of at least 4 members (excludes halogenated alkanes) is 2. The first-order valence-electron chi connectivity index (χ1n) is 4.80. The molecule has 13 heavy (non-hydrogen) atoms. The fourth-order valence-electron chi connectivity index (χ4n) is 1.32. The van der Waals surface area contributed by atoms with E-state index in [1.807, 2.05) is 13.3 Å². The van der Waals surface area contributed by atoms with Crippen LogP contribution in [-0.4, -0.2) is 15.4 Å². The predicted molar refractivity (Wildman–Crippen MR) is 56.3 cm³/mol. The largest absolute Gasteiger partial charge is 0.335 e.